The Morgan fingerprint density at radius 1 is 0.795 bits per heavy atom. The van der Waals surface area contributed by atoms with Crippen molar-refractivity contribution in [1.82, 2.24) is 16.3 Å². The third-order valence-electron chi connectivity index (χ3n) is 5.45. The predicted octanol–water partition coefficient (Wildman–Crippen LogP) is 5.90. The molecule has 4 rings (SSSR count). The third kappa shape index (κ3) is 7.84. The minimum absolute atomic E-state index is 0.128. The number of ether oxygens (including phenoxy) is 1. The minimum atomic E-state index is -0.732. The van der Waals surface area contributed by atoms with E-state index in [0.717, 1.165) is 38.6 Å². The molecule has 0 aliphatic heterocycles. The Hall–Kier alpha value is -4.31. The average molecular weight is 540 g/mol. The second-order valence-corrected chi connectivity index (χ2v) is 9.66. The first-order chi connectivity index (χ1) is 18.7. The second kappa shape index (κ2) is 13.0. The van der Waals surface area contributed by atoms with Crippen molar-refractivity contribution < 1.29 is 29.3 Å². The maximum atomic E-state index is 12.0. The van der Waals surface area contributed by atoms with E-state index in [2.05, 4.69) is 10.9 Å². The SMILES string of the molecule is Cc1ccc(C)c2oc(C(=O)NN)cc12.Cc1ccc(C)c2oc(C(=O)NNC(=O)OC(C)(C)C)cc12.[2H]CC. The summed E-state index contributed by atoms with van der Waals surface area (Å²) >= 11 is 0. The number of nitrogens with one attached hydrogen (secondary N) is 3. The van der Waals surface area contributed by atoms with Gasteiger partial charge in [0.15, 0.2) is 11.5 Å². The van der Waals surface area contributed by atoms with Crippen LogP contribution in [0, 0.1) is 27.7 Å². The van der Waals surface area contributed by atoms with E-state index in [1.807, 2.05) is 57.4 Å². The third-order valence-corrected chi connectivity index (χ3v) is 5.45. The van der Waals surface area contributed by atoms with Crippen molar-refractivity contribution in [3.05, 3.63) is 70.2 Å². The molecule has 210 valence electrons. The molecule has 10 nitrogen and oxygen atoms in total. The molecule has 0 bridgehead atoms. The number of hydrogen-bond acceptors (Lipinski definition) is 7. The number of aryl methyl sites for hydroxylation is 4. The summed E-state index contributed by atoms with van der Waals surface area (Å²) in [6.07, 6.45) is -0.732. The molecule has 39 heavy (non-hydrogen) atoms. The number of rotatable bonds is 2. The maximum Gasteiger partial charge on any atom is 0.426 e. The van der Waals surface area contributed by atoms with Crippen molar-refractivity contribution in [2.45, 2.75) is 67.9 Å². The van der Waals surface area contributed by atoms with Crippen LogP contribution in [0.3, 0.4) is 0 Å². The van der Waals surface area contributed by atoms with Gasteiger partial charge in [0.2, 0.25) is 0 Å². The van der Waals surface area contributed by atoms with E-state index in [-0.39, 0.29) is 11.5 Å². The van der Waals surface area contributed by atoms with E-state index in [1.165, 1.54) is 0 Å². The van der Waals surface area contributed by atoms with Crippen molar-refractivity contribution in [1.29, 1.82) is 0 Å². The number of furan rings is 2. The lowest BCUT2D eigenvalue weighted by Gasteiger charge is -2.19. The van der Waals surface area contributed by atoms with Crippen molar-refractivity contribution in [2.75, 3.05) is 0 Å². The number of carbonyl (C=O) groups excluding carboxylic acids is 3. The first-order valence-electron chi connectivity index (χ1n) is 13.0. The quantitative estimate of drug-likeness (QED) is 0.141. The van der Waals surface area contributed by atoms with E-state index in [1.54, 1.807) is 39.8 Å². The lowest BCUT2D eigenvalue weighted by molar-refractivity contribution is 0.0481. The molecule has 4 aromatic rings. The Bertz CT molecular complexity index is 1420. The number of carbonyl (C=O) groups is 3. The van der Waals surface area contributed by atoms with E-state index >= 15 is 0 Å². The molecular formula is C29H38N4O6. The highest BCUT2D eigenvalue weighted by atomic mass is 16.6. The van der Waals surface area contributed by atoms with Gasteiger partial charge in [0, 0.05) is 12.1 Å². The second-order valence-electron chi connectivity index (χ2n) is 9.66. The number of hydrogen-bond donors (Lipinski definition) is 4. The molecule has 0 unspecified atom stereocenters. The zero-order valence-corrected chi connectivity index (χ0v) is 23.7. The lowest BCUT2D eigenvalue weighted by Crippen LogP contribution is -2.44. The van der Waals surface area contributed by atoms with Gasteiger partial charge in [-0.05, 0) is 82.9 Å². The van der Waals surface area contributed by atoms with Crippen LogP contribution in [-0.2, 0) is 4.74 Å². The summed E-state index contributed by atoms with van der Waals surface area (Å²) in [5.41, 5.74) is 11.3. The number of hydrazine groups is 2. The van der Waals surface area contributed by atoms with Gasteiger partial charge < -0.3 is 13.6 Å². The average Bonchev–Trinajstić information content (AvgIpc) is 3.54. The summed E-state index contributed by atoms with van der Waals surface area (Å²) in [6, 6.07) is 11.2. The highest BCUT2D eigenvalue weighted by Gasteiger charge is 2.19. The largest absolute Gasteiger partial charge is 0.451 e. The van der Waals surface area contributed by atoms with Gasteiger partial charge in [0.25, 0.3) is 0 Å². The van der Waals surface area contributed by atoms with E-state index < -0.39 is 23.5 Å². The minimum Gasteiger partial charge on any atom is -0.451 e. The van der Waals surface area contributed by atoms with Gasteiger partial charge in [0.1, 0.15) is 16.8 Å². The molecule has 0 saturated carbocycles. The molecule has 0 radical (unpaired) electrons. The number of fused-ring (bicyclic) bond motifs is 2. The molecular weight excluding hydrogens is 500 g/mol. The molecule has 0 atom stereocenters. The fourth-order valence-electron chi connectivity index (χ4n) is 3.55. The van der Waals surface area contributed by atoms with Crippen molar-refractivity contribution >= 4 is 39.8 Å². The van der Waals surface area contributed by atoms with E-state index in [9.17, 15) is 14.4 Å². The number of benzene rings is 2. The maximum absolute atomic E-state index is 12.0. The first-order valence-corrected chi connectivity index (χ1v) is 12.3. The van der Waals surface area contributed by atoms with Crippen LogP contribution >= 0.6 is 0 Å². The molecule has 0 fully saturated rings. The monoisotopic (exact) mass is 539 g/mol. The Morgan fingerprint density at radius 3 is 1.59 bits per heavy atom. The van der Waals surface area contributed by atoms with Crippen LogP contribution in [0.15, 0.2) is 45.2 Å². The van der Waals surface area contributed by atoms with Gasteiger partial charge in [-0.3, -0.25) is 20.4 Å². The van der Waals surface area contributed by atoms with E-state index in [4.69, 9.17) is 20.8 Å². The lowest BCUT2D eigenvalue weighted by atomic mass is 10.1. The van der Waals surface area contributed by atoms with Gasteiger partial charge in [-0.1, -0.05) is 38.1 Å². The molecule has 2 aromatic heterocycles. The summed E-state index contributed by atoms with van der Waals surface area (Å²) in [5, 5.41) is 1.83. The van der Waals surface area contributed by atoms with Crippen molar-refractivity contribution in [3.63, 3.8) is 0 Å². The number of nitrogens with two attached hydrogens (primary N) is 1. The van der Waals surface area contributed by atoms with Crippen LogP contribution < -0.4 is 22.1 Å². The predicted molar refractivity (Wildman–Crippen MR) is 151 cm³/mol. The molecule has 3 amide bonds. The summed E-state index contributed by atoms with van der Waals surface area (Å²) in [7, 11) is 0. The molecule has 10 heteroatoms. The van der Waals surface area contributed by atoms with Crippen LogP contribution in [0.1, 0.15) is 79.3 Å². The molecule has 2 aromatic carbocycles. The molecule has 5 N–H and O–H groups in total. The van der Waals surface area contributed by atoms with Gasteiger partial charge in [-0.25, -0.2) is 16.1 Å². The Kier molecular flexibility index (Phi) is 9.73. The first kappa shape index (κ1) is 29.2. The van der Waals surface area contributed by atoms with Crippen LogP contribution in [0.25, 0.3) is 21.9 Å². The van der Waals surface area contributed by atoms with Gasteiger partial charge in [-0.2, -0.15) is 0 Å². The van der Waals surface area contributed by atoms with Crippen LogP contribution in [0.4, 0.5) is 4.79 Å². The van der Waals surface area contributed by atoms with Crippen LogP contribution in [-0.4, -0.2) is 23.5 Å². The Balaban J connectivity index is 0.000000269. The van der Waals surface area contributed by atoms with Gasteiger partial charge >= 0.3 is 17.9 Å². The standard InChI is InChI=1S/C16H20N2O4.C11H12N2O2.C2H6/c1-9-6-7-10(2)13-11(9)8-12(21-13)14(19)17-18-15(20)22-16(3,4)5;1-6-3-4-7(2)10-8(6)5-9(15-10)11(14)13-12;1-2/h6-8H,1-5H3,(H,17,19)(H,18,20);3-5H,12H2,1-2H3,(H,13,14);1-2H3/i;;1D. The van der Waals surface area contributed by atoms with Crippen molar-refractivity contribution in [2.24, 2.45) is 5.84 Å². The summed E-state index contributed by atoms with van der Waals surface area (Å²) < 4.78 is 22.2. The molecule has 0 spiro atoms. The molecule has 2 heterocycles. The summed E-state index contributed by atoms with van der Waals surface area (Å²) in [6.45, 7) is 15.3. The van der Waals surface area contributed by atoms with Gasteiger partial charge in [0.05, 0.1) is 0 Å². The van der Waals surface area contributed by atoms with E-state index in [0.29, 0.717) is 12.5 Å². The summed E-state index contributed by atoms with van der Waals surface area (Å²) in [5.74, 6) is 4.46. The highest BCUT2D eigenvalue weighted by molar-refractivity contribution is 5.98. The zero-order valence-electron chi connectivity index (χ0n) is 24.7. The topological polar surface area (TPSA) is 149 Å². The smallest absolute Gasteiger partial charge is 0.426 e. The fraction of sp³-hybridized carbons (Fsp3) is 0.345. The van der Waals surface area contributed by atoms with Crippen LogP contribution in [0.2, 0.25) is 0 Å². The number of amides is 3. The van der Waals surface area contributed by atoms with Crippen molar-refractivity contribution in [3.8, 4) is 0 Å². The van der Waals surface area contributed by atoms with Crippen LogP contribution in [0.5, 0.6) is 0 Å². The summed E-state index contributed by atoms with van der Waals surface area (Å²) in [4.78, 5) is 34.8. The molecule has 0 aliphatic rings. The zero-order chi connectivity index (χ0) is 30.2. The number of nitrogen functional groups attached to an aromatic ring is 1. The Labute approximate surface area is 229 Å². The Morgan fingerprint density at radius 2 is 1.21 bits per heavy atom. The highest BCUT2D eigenvalue weighted by Crippen LogP contribution is 2.26. The fourth-order valence-corrected chi connectivity index (χ4v) is 3.55. The molecule has 0 aliphatic carbocycles. The molecule has 0 saturated heterocycles. The normalized spacial score (nSPS) is 10.9. The van der Waals surface area contributed by atoms with Gasteiger partial charge in [-0.15, -0.1) is 0 Å².